The smallest absolute Gasteiger partial charge is 0.321 e. The van der Waals surface area contributed by atoms with E-state index in [0.717, 1.165) is 11.8 Å². The highest BCUT2D eigenvalue weighted by molar-refractivity contribution is 7.99. The number of phenolic OH excluding ortho intramolecular Hbond substituents is 1. The number of hydrogen-bond donors (Lipinski definition) is 4. The van der Waals surface area contributed by atoms with Gasteiger partial charge in [-0.2, -0.15) is 0 Å². The number of anilines is 1. The molecule has 1 aromatic rings. The highest BCUT2D eigenvalue weighted by Gasteiger charge is 2.12. The van der Waals surface area contributed by atoms with Crippen LogP contribution in [-0.2, 0) is 4.79 Å². The van der Waals surface area contributed by atoms with Crippen LogP contribution in [0.25, 0.3) is 0 Å². The lowest BCUT2D eigenvalue weighted by atomic mass is 10.3. The molecule has 0 amide bonds. The zero-order valence-electron chi connectivity index (χ0n) is 7.88. The molecule has 15 heavy (non-hydrogen) atoms. The predicted octanol–water partition coefficient (Wildman–Crippen LogP) is 0.478. The van der Waals surface area contributed by atoms with Gasteiger partial charge >= 0.3 is 5.97 Å². The van der Waals surface area contributed by atoms with Crippen LogP contribution >= 0.6 is 11.8 Å². The lowest BCUT2D eigenvalue weighted by Crippen LogP contribution is -2.32. The first-order valence-electron chi connectivity index (χ1n) is 4.20. The zero-order chi connectivity index (χ0) is 11.4. The number of benzene rings is 1. The average Bonchev–Trinajstić information content (AvgIpc) is 2.18. The van der Waals surface area contributed by atoms with Crippen LogP contribution in [0, 0.1) is 0 Å². The molecule has 0 aliphatic rings. The van der Waals surface area contributed by atoms with Crippen molar-refractivity contribution in [3.63, 3.8) is 0 Å². The number of phenols is 1. The van der Waals surface area contributed by atoms with Crippen LogP contribution in [0.3, 0.4) is 0 Å². The Bertz CT molecular complexity index is 370. The van der Waals surface area contributed by atoms with E-state index in [-0.39, 0.29) is 11.5 Å². The highest BCUT2D eigenvalue weighted by atomic mass is 32.2. The molecule has 0 bridgehead atoms. The fraction of sp³-hybridized carbons (Fsp3) is 0.222. The summed E-state index contributed by atoms with van der Waals surface area (Å²) in [5.41, 5.74) is 11.4. The van der Waals surface area contributed by atoms with Crippen LogP contribution in [-0.4, -0.2) is 28.0 Å². The Balaban J connectivity index is 2.65. The van der Waals surface area contributed by atoms with Gasteiger partial charge in [0, 0.05) is 11.4 Å². The number of carboxylic acids is 1. The maximum atomic E-state index is 10.4. The first-order chi connectivity index (χ1) is 7.00. The van der Waals surface area contributed by atoms with Crippen molar-refractivity contribution in [3.05, 3.63) is 18.2 Å². The quantitative estimate of drug-likeness (QED) is 0.339. The van der Waals surface area contributed by atoms with Crippen LogP contribution in [0.2, 0.25) is 0 Å². The van der Waals surface area contributed by atoms with Gasteiger partial charge < -0.3 is 21.7 Å². The van der Waals surface area contributed by atoms with E-state index in [1.807, 2.05) is 0 Å². The Labute approximate surface area is 91.1 Å². The lowest BCUT2D eigenvalue weighted by molar-refractivity contribution is -0.137. The van der Waals surface area contributed by atoms with E-state index < -0.39 is 12.0 Å². The first-order valence-corrected chi connectivity index (χ1v) is 5.19. The van der Waals surface area contributed by atoms with E-state index >= 15 is 0 Å². The maximum Gasteiger partial charge on any atom is 0.321 e. The molecule has 0 unspecified atom stereocenters. The summed E-state index contributed by atoms with van der Waals surface area (Å²) >= 11 is 1.16. The molecule has 0 saturated heterocycles. The Hall–Kier alpha value is -1.40. The van der Waals surface area contributed by atoms with E-state index in [9.17, 15) is 9.90 Å². The Morgan fingerprint density at radius 2 is 2.20 bits per heavy atom. The van der Waals surface area contributed by atoms with Crippen molar-refractivity contribution in [2.24, 2.45) is 5.73 Å². The Morgan fingerprint density at radius 1 is 1.53 bits per heavy atom. The van der Waals surface area contributed by atoms with E-state index in [1.165, 1.54) is 6.07 Å². The third-order valence-corrected chi connectivity index (χ3v) is 2.88. The zero-order valence-corrected chi connectivity index (χ0v) is 8.70. The van der Waals surface area contributed by atoms with Crippen molar-refractivity contribution < 1.29 is 15.0 Å². The number of hydrogen-bond acceptors (Lipinski definition) is 5. The summed E-state index contributed by atoms with van der Waals surface area (Å²) in [6.07, 6.45) is 0. The third kappa shape index (κ3) is 3.34. The van der Waals surface area contributed by atoms with Crippen LogP contribution < -0.4 is 11.5 Å². The second-order valence-corrected chi connectivity index (χ2v) is 4.04. The summed E-state index contributed by atoms with van der Waals surface area (Å²) in [6.45, 7) is 0. The monoisotopic (exact) mass is 228 g/mol. The molecular formula is C9H12N2O3S. The minimum atomic E-state index is -1.06. The van der Waals surface area contributed by atoms with Crippen molar-refractivity contribution in [2.45, 2.75) is 10.9 Å². The first kappa shape index (κ1) is 11.7. The van der Waals surface area contributed by atoms with Crippen molar-refractivity contribution in [2.75, 3.05) is 11.5 Å². The second kappa shape index (κ2) is 4.90. The number of thioether (sulfide) groups is 1. The molecule has 0 aliphatic heterocycles. The molecule has 0 heterocycles. The number of carbonyl (C=O) groups is 1. The van der Waals surface area contributed by atoms with Crippen molar-refractivity contribution >= 4 is 23.4 Å². The van der Waals surface area contributed by atoms with E-state index in [1.54, 1.807) is 12.1 Å². The van der Waals surface area contributed by atoms with Gasteiger partial charge in [0.2, 0.25) is 0 Å². The normalized spacial score (nSPS) is 12.3. The molecule has 6 heteroatoms. The number of aromatic hydroxyl groups is 1. The molecule has 82 valence electrons. The summed E-state index contributed by atoms with van der Waals surface area (Å²) in [4.78, 5) is 11.0. The molecule has 5 nitrogen and oxygen atoms in total. The van der Waals surface area contributed by atoms with Gasteiger partial charge in [-0.1, -0.05) is 0 Å². The second-order valence-electron chi connectivity index (χ2n) is 2.98. The molecule has 6 N–H and O–H groups in total. The van der Waals surface area contributed by atoms with Crippen LogP contribution in [0.15, 0.2) is 23.1 Å². The number of nitrogens with two attached hydrogens (primary N) is 2. The molecule has 0 saturated carbocycles. The van der Waals surface area contributed by atoms with Gasteiger partial charge in [-0.3, -0.25) is 4.79 Å². The van der Waals surface area contributed by atoms with E-state index in [4.69, 9.17) is 16.6 Å². The minimum Gasteiger partial charge on any atom is -0.507 e. The molecule has 1 aromatic carbocycles. The summed E-state index contributed by atoms with van der Waals surface area (Å²) < 4.78 is 0. The average molecular weight is 228 g/mol. The molecule has 0 radical (unpaired) electrons. The van der Waals surface area contributed by atoms with Crippen molar-refractivity contribution in [1.82, 2.24) is 0 Å². The fourth-order valence-corrected chi connectivity index (χ4v) is 1.83. The van der Waals surface area contributed by atoms with Gasteiger partial charge in [-0.05, 0) is 18.2 Å². The van der Waals surface area contributed by atoms with Gasteiger partial charge in [0.05, 0.1) is 4.90 Å². The van der Waals surface area contributed by atoms with Crippen LogP contribution in [0.4, 0.5) is 5.69 Å². The predicted molar refractivity (Wildman–Crippen MR) is 58.9 cm³/mol. The maximum absolute atomic E-state index is 10.4. The van der Waals surface area contributed by atoms with Gasteiger partial charge in [-0.15, -0.1) is 11.8 Å². The Morgan fingerprint density at radius 3 is 2.80 bits per heavy atom. The third-order valence-electron chi connectivity index (χ3n) is 1.72. The van der Waals surface area contributed by atoms with Crippen LogP contribution in [0.5, 0.6) is 5.75 Å². The fourth-order valence-electron chi connectivity index (χ4n) is 0.897. The summed E-state index contributed by atoms with van der Waals surface area (Å²) in [7, 11) is 0. The molecule has 0 aromatic heterocycles. The molecule has 1 atom stereocenters. The highest BCUT2D eigenvalue weighted by Crippen LogP contribution is 2.30. The number of aliphatic carboxylic acids is 1. The number of carboxylic acid groups (broad SMARTS) is 1. The van der Waals surface area contributed by atoms with Gasteiger partial charge in [-0.25, -0.2) is 0 Å². The summed E-state index contributed by atoms with van der Waals surface area (Å²) in [5, 5.41) is 18.0. The van der Waals surface area contributed by atoms with E-state index in [2.05, 4.69) is 0 Å². The molecule has 0 fully saturated rings. The van der Waals surface area contributed by atoms with Crippen molar-refractivity contribution in [3.8, 4) is 5.75 Å². The topological polar surface area (TPSA) is 110 Å². The van der Waals surface area contributed by atoms with Crippen LogP contribution in [0.1, 0.15) is 0 Å². The Kier molecular flexibility index (Phi) is 3.81. The van der Waals surface area contributed by atoms with Gasteiger partial charge in [0.25, 0.3) is 0 Å². The molecule has 1 rings (SSSR count). The lowest BCUT2D eigenvalue weighted by Gasteiger charge is -2.07. The summed E-state index contributed by atoms with van der Waals surface area (Å²) in [6, 6.07) is 3.66. The standard InChI is InChI=1S/C9H12N2O3S/c10-5-1-2-7(12)8(3-5)15-4-6(11)9(13)14/h1-3,6,12H,4,10-11H2,(H,13,14)/t6-/m0/s1. The van der Waals surface area contributed by atoms with Crippen molar-refractivity contribution in [1.29, 1.82) is 0 Å². The summed E-state index contributed by atoms with van der Waals surface area (Å²) in [5.74, 6) is -0.801. The van der Waals surface area contributed by atoms with E-state index in [0.29, 0.717) is 10.6 Å². The van der Waals surface area contributed by atoms with Gasteiger partial charge in [0.15, 0.2) is 0 Å². The SMILES string of the molecule is Nc1ccc(O)c(SC[C@H](N)C(=O)O)c1. The number of rotatable bonds is 4. The minimum absolute atomic E-state index is 0.0757. The molecule has 0 spiro atoms. The van der Waals surface area contributed by atoms with Gasteiger partial charge in [0.1, 0.15) is 11.8 Å². The molecule has 0 aliphatic carbocycles. The molecular weight excluding hydrogens is 216 g/mol. The number of nitrogen functional groups attached to an aromatic ring is 1. The largest absolute Gasteiger partial charge is 0.507 e.